The SMILES string of the molecule is C/C=C(/C#N)CCOC(C)=O. The van der Waals surface area contributed by atoms with Crippen LogP contribution in [0.25, 0.3) is 0 Å². The molecular weight excluding hydrogens is 142 g/mol. The molecule has 0 heterocycles. The zero-order chi connectivity index (χ0) is 8.69. The molecule has 0 aliphatic carbocycles. The Bertz CT molecular complexity index is 201. The van der Waals surface area contributed by atoms with Crippen molar-refractivity contribution in [1.29, 1.82) is 5.26 Å². The maximum absolute atomic E-state index is 10.3. The highest BCUT2D eigenvalue weighted by Gasteiger charge is 1.95. The third-order valence-corrected chi connectivity index (χ3v) is 1.17. The highest BCUT2D eigenvalue weighted by Crippen LogP contribution is 1.98. The Morgan fingerprint density at radius 2 is 2.36 bits per heavy atom. The quantitative estimate of drug-likeness (QED) is 0.455. The van der Waals surface area contributed by atoms with Crippen LogP contribution < -0.4 is 0 Å². The van der Waals surface area contributed by atoms with E-state index in [2.05, 4.69) is 4.74 Å². The van der Waals surface area contributed by atoms with Gasteiger partial charge in [0.2, 0.25) is 0 Å². The maximum atomic E-state index is 10.3. The minimum atomic E-state index is -0.307. The number of carbonyl (C=O) groups is 1. The molecular formula is C8H11NO2. The summed E-state index contributed by atoms with van der Waals surface area (Å²) in [5, 5.41) is 8.43. The lowest BCUT2D eigenvalue weighted by molar-refractivity contribution is -0.140. The second-order valence-corrected chi connectivity index (χ2v) is 2.02. The van der Waals surface area contributed by atoms with Gasteiger partial charge in [-0.1, -0.05) is 6.08 Å². The number of hydrogen-bond donors (Lipinski definition) is 0. The number of nitrogens with zero attached hydrogens (tertiary/aromatic N) is 1. The lowest BCUT2D eigenvalue weighted by atomic mass is 10.2. The molecule has 0 atom stereocenters. The minimum Gasteiger partial charge on any atom is -0.465 e. The number of hydrogen-bond acceptors (Lipinski definition) is 3. The minimum absolute atomic E-state index is 0.294. The van der Waals surface area contributed by atoms with Crippen LogP contribution in [0.4, 0.5) is 0 Å². The number of esters is 1. The van der Waals surface area contributed by atoms with Crippen LogP contribution in [0, 0.1) is 11.3 Å². The number of allylic oxidation sites excluding steroid dienone is 1. The van der Waals surface area contributed by atoms with Crippen molar-refractivity contribution in [2.24, 2.45) is 0 Å². The fraction of sp³-hybridized carbons (Fsp3) is 0.500. The molecule has 0 radical (unpaired) electrons. The van der Waals surface area contributed by atoms with Crippen molar-refractivity contribution in [2.75, 3.05) is 6.61 Å². The summed E-state index contributed by atoms with van der Waals surface area (Å²) in [6.45, 7) is 3.43. The predicted molar refractivity (Wildman–Crippen MR) is 40.6 cm³/mol. The molecule has 11 heavy (non-hydrogen) atoms. The van der Waals surface area contributed by atoms with E-state index in [-0.39, 0.29) is 5.97 Å². The molecule has 0 saturated carbocycles. The number of ether oxygens (including phenoxy) is 1. The summed E-state index contributed by atoms with van der Waals surface area (Å²) < 4.78 is 4.65. The Hall–Kier alpha value is -1.30. The van der Waals surface area contributed by atoms with E-state index in [0.717, 1.165) is 0 Å². The van der Waals surface area contributed by atoms with Gasteiger partial charge in [-0.25, -0.2) is 0 Å². The summed E-state index contributed by atoms with van der Waals surface area (Å²) in [7, 11) is 0. The fourth-order valence-electron chi connectivity index (χ4n) is 0.570. The van der Waals surface area contributed by atoms with Crippen LogP contribution in [0.1, 0.15) is 20.3 Å². The summed E-state index contributed by atoms with van der Waals surface area (Å²) in [6, 6.07) is 2.00. The van der Waals surface area contributed by atoms with E-state index in [0.29, 0.717) is 18.6 Å². The lowest BCUT2D eigenvalue weighted by Gasteiger charge is -1.98. The van der Waals surface area contributed by atoms with Gasteiger partial charge in [0.1, 0.15) is 0 Å². The first-order valence-corrected chi connectivity index (χ1v) is 3.39. The highest BCUT2D eigenvalue weighted by molar-refractivity contribution is 5.65. The third-order valence-electron chi connectivity index (χ3n) is 1.17. The second kappa shape index (κ2) is 5.48. The summed E-state index contributed by atoms with van der Waals surface area (Å²) in [4.78, 5) is 10.3. The molecule has 3 nitrogen and oxygen atoms in total. The van der Waals surface area contributed by atoms with Crippen molar-refractivity contribution in [1.82, 2.24) is 0 Å². The molecule has 3 heteroatoms. The van der Waals surface area contributed by atoms with Gasteiger partial charge < -0.3 is 4.74 Å². The molecule has 0 aromatic heterocycles. The monoisotopic (exact) mass is 153 g/mol. The Morgan fingerprint density at radius 1 is 1.73 bits per heavy atom. The van der Waals surface area contributed by atoms with E-state index in [1.165, 1.54) is 6.92 Å². The molecule has 0 rings (SSSR count). The van der Waals surface area contributed by atoms with Gasteiger partial charge in [-0.3, -0.25) is 4.79 Å². The third kappa shape index (κ3) is 5.16. The Kier molecular flexibility index (Phi) is 4.83. The van der Waals surface area contributed by atoms with E-state index in [1.807, 2.05) is 6.07 Å². The van der Waals surface area contributed by atoms with Crippen LogP contribution >= 0.6 is 0 Å². The Balaban J connectivity index is 3.55. The first-order valence-electron chi connectivity index (χ1n) is 3.39. The average Bonchev–Trinajstić information content (AvgIpc) is 1.98. The summed E-state index contributed by atoms with van der Waals surface area (Å²) in [5.41, 5.74) is 0.645. The summed E-state index contributed by atoms with van der Waals surface area (Å²) >= 11 is 0. The topological polar surface area (TPSA) is 50.1 Å². The van der Waals surface area contributed by atoms with Gasteiger partial charge in [0, 0.05) is 18.9 Å². The fourth-order valence-corrected chi connectivity index (χ4v) is 0.570. The van der Waals surface area contributed by atoms with Gasteiger partial charge in [-0.15, -0.1) is 0 Å². The zero-order valence-electron chi connectivity index (χ0n) is 6.76. The first-order chi connectivity index (χ1) is 5.20. The van der Waals surface area contributed by atoms with E-state index >= 15 is 0 Å². The standard InChI is InChI=1S/C8H11NO2/c1-3-8(6-9)4-5-11-7(2)10/h3H,4-5H2,1-2H3/b8-3+. The van der Waals surface area contributed by atoms with Gasteiger partial charge >= 0.3 is 5.97 Å². The largest absolute Gasteiger partial charge is 0.465 e. The van der Waals surface area contributed by atoms with Crippen LogP contribution in [-0.2, 0) is 9.53 Å². The number of nitriles is 1. The normalized spacial score (nSPS) is 10.5. The maximum Gasteiger partial charge on any atom is 0.302 e. The average molecular weight is 153 g/mol. The summed E-state index contributed by atoms with van der Waals surface area (Å²) in [5.74, 6) is -0.307. The molecule has 0 fully saturated rings. The molecule has 0 aromatic rings. The van der Waals surface area contributed by atoms with Crippen LogP contribution in [0.5, 0.6) is 0 Å². The smallest absolute Gasteiger partial charge is 0.302 e. The molecule has 0 aliphatic rings. The van der Waals surface area contributed by atoms with Crippen LogP contribution in [0.2, 0.25) is 0 Å². The van der Waals surface area contributed by atoms with E-state index < -0.39 is 0 Å². The van der Waals surface area contributed by atoms with E-state index in [9.17, 15) is 4.79 Å². The van der Waals surface area contributed by atoms with Crippen molar-refractivity contribution in [3.63, 3.8) is 0 Å². The number of rotatable bonds is 3. The van der Waals surface area contributed by atoms with Crippen LogP contribution in [0.15, 0.2) is 11.6 Å². The van der Waals surface area contributed by atoms with Crippen molar-refractivity contribution in [2.45, 2.75) is 20.3 Å². The Labute approximate surface area is 66.3 Å². The van der Waals surface area contributed by atoms with Gasteiger partial charge in [0.05, 0.1) is 12.7 Å². The van der Waals surface area contributed by atoms with Gasteiger partial charge in [-0.05, 0) is 6.92 Å². The molecule has 0 unspecified atom stereocenters. The van der Waals surface area contributed by atoms with Crippen LogP contribution in [0.3, 0.4) is 0 Å². The van der Waals surface area contributed by atoms with Gasteiger partial charge in [0.25, 0.3) is 0 Å². The van der Waals surface area contributed by atoms with Crippen molar-refractivity contribution in [3.8, 4) is 6.07 Å². The van der Waals surface area contributed by atoms with E-state index in [4.69, 9.17) is 5.26 Å². The molecule has 0 aliphatic heterocycles. The van der Waals surface area contributed by atoms with Gasteiger partial charge in [-0.2, -0.15) is 5.26 Å². The molecule has 0 bridgehead atoms. The van der Waals surface area contributed by atoms with Crippen molar-refractivity contribution >= 4 is 5.97 Å². The van der Waals surface area contributed by atoms with Crippen LogP contribution in [-0.4, -0.2) is 12.6 Å². The molecule has 0 aromatic carbocycles. The van der Waals surface area contributed by atoms with Gasteiger partial charge in [0.15, 0.2) is 0 Å². The molecule has 0 amide bonds. The molecule has 0 saturated heterocycles. The van der Waals surface area contributed by atoms with E-state index in [1.54, 1.807) is 13.0 Å². The summed E-state index contributed by atoms with van der Waals surface area (Å²) in [6.07, 6.45) is 2.22. The molecule has 0 spiro atoms. The second-order valence-electron chi connectivity index (χ2n) is 2.02. The lowest BCUT2D eigenvalue weighted by Crippen LogP contribution is -2.00. The first kappa shape index (κ1) is 9.70. The Morgan fingerprint density at radius 3 is 2.73 bits per heavy atom. The molecule has 60 valence electrons. The number of carbonyl (C=O) groups excluding carboxylic acids is 1. The van der Waals surface area contributed by atoms with Crippen molar-refractivity contribution in [3.05, 3.63) is 11.6 Å². The van der Waals surface area contributed by atoms with Crippen molar-refractivity contribution < 1.29 is 9.53 Å². The predicted octanol–water partition coefficient (Wildman–Crippen LogP) is 1.41. The molecule has 0 N–H and O–H groups in total. The zero-order valence-corrected chi connectivity index (χ0v) is 6.76. The highest BCUT2D eigenvalue weighted by atomic mass is 16.5.